The maximum Gasteiger partial charge on any atom is 0.244 e. The highest BCUT2D eigenvalue weighted by Crippen LogP contribution is 2.29. The molecule has 1 N–H and O–H groups in total. The molecule has 2 fully saturated rings. The number of nitrogens with one attached hydrogen (secondary N) is 1. The van der Waals surface area contributed by atoms with Crippen molar-refractivity contribution in [3.63, 3.8) is 0 Å². The van der Waals surface area contributed by atoms with Crippen molar-refractivity contribution in [2.24, 2.45) is 0 Å². The van der Waals surface area contributed by atoms with E-state index in [1.165, 1.54) is 10.7 Å². The number of nitrogens with zero attached hydrogens (tertiary/aromatic N) is 1. The van der Waals surface area contributed by atoms with Gasteiger partial charge in [-0.2, -0.15) is 4.31 Å². The highest BCUT2D eigenvalue weighted by atomic mass is 32.2. The second-order valence-electron chi connectivity index (χ2n) is 7.39. The van der Waals surface area contributed by atoms with Gasteiger partial charge in [-0.05, 0) is 51.2 Å². The van der Waals surface area contributed by atoms with E-state index in [0.29, 0.717) is 17.9 Å². The second-order valence-corrected chi connectivity index (χ2v) is 9.25. The molecule has 0 bridgehead atoms. The molecule has 6 heteroatoms. The topological polar surface area (TPSA) is 66.5 Å². The molecule has 0 spiro atoms. The molecule has 1 heterocycles. The maximum atomic E-state index is 13.1. The van der Waals surface area contributed by atoms with E-state index in [0.717, 1.165) is 43.2 Å². The first-order valence-electron chi connectivity index (χ1n) is 9.29. The number of amides is 1. The lowest BCUT2D eigenvalue weighted by Crippen LogP contribution is -2.49. The molecule has 3 rings (SSSR count). The van der Waals surface area contributed by atoms with Gasteiger partial charge in [-0.25, -0.2) is 8.42 Å². The molecule has 1 amide bonds. The third-order valence-corrected chi connectivity index (χ3v) is 7.44. The first kappa shape index (κ1) is 18.4. The van der Waals surface area contributed by atoms with Crippen molar-refractivity contribution in [1.82, 2.24) is 9.62 Å². The number of hydrogen-bond donors (Lipinski definition) is 1. The predicted octanol–water partition coefficient (Wildman–Crippen LogP) is 2.91. The van der Waals surface area contributed by atoms with Gasteiger partial charge in [0.1, 0.15) is 6.04 Å². The molecule has 0 radical (unpaired) electrons. The highest BCUT2D eigenvalue weighted by Gasteiger charge is 2.40. The molecule has 1 aromatic carbocycles. The standard InChI is InChI=1S/C19H28N2O3S/c1-14-10-11-18(15(2)13-14)25(23,24)21-12-6-9-17(21)19(22)20-16-7-4-3-5-8-16/h10-11,13,16-17H,3-9,12H2,1-2H3,(H,20,22)/t17-/m0/s1. The van der Waals surface area contributed by atoms with Crippen molar-refractivity contribution in [2.75, 3.05) is 6.54 Å². The van der Waals surface area contributed by atoms with Gasteiger partial charge in [-0.3, -0.25) is 4.79 Å². The van der Waals surface area contributed by atoms with E-state index in [9.17, 15) is 13.2 Å². The molecule has 5 nitrogen and oxygen atoms in total. The summed E-state index contributed by atoms with van der Waals surface area (Å²) in [5, 5.41) is 3.09. The minimum absolute atomic E-state index is 0.127. The van der Waals surface area contributed by atoms with Crippen LogP contribution >= 0.6 is 0 Å². The Morgan fingerprint density at radius 3 is 2.48 bits per heavy atom. The van der Waals surface area contributed by atoms with Crippen molar-refractivity contribution < 1.29 is 13.2 Å². The van der Waals surface area contributed by atoms with Gasteiger partial charge in [-0.1, -0.05) is 37.0 Å². The zero-order valence-corrected chi connectivity index (χ0v) is 15.9. The fraction of sp³-hybridized carbons (Fsp3) is 0.632. The smallest absolute Gasteiger partial charge is 0.244 e. The molecular weight excluding hydrogens is 336 g/mol. The minimum Gasteiger partial charge on any atom is -0.352 e. The number of sulfonamides is 1. The van der Waals surface area contributed by atoms with Crippen LogP contribution in [-0.4, -0.2) is 37.3 Å². The summed E-state index contributed by atoms with van der Waals surface area (Å²) < 4.78 is 27.6. The molecule has 2 aliphatic rings. The monoisotopic (exact) mass is 364 g/mol. The first-order valence-corrected chi connectivity index (χ1v) is 10.7. The Morgan fingerprint density at radius 2 is 1.80 bits per heavy atom. The van der Waals surface area contributed by atoms with Crippen LogP contribution in [-0.2, 0) is 14.8 Å². The summed E-state index contributed by atoms with van der Waals surface area (Å²) in [4.78, 5) is 13.0. The summed E-state index contributed by atoms with van der Waals surface area (Å²) in [6.45, 7) is 4.17. The molecule has 1 aliphatic heterocycles. The number of benzene rings is 1. The Morgan fingerprint density at radius 1 is 1.08 bits per heavy atom. The largest absolute Gasteiger partial charge is 0.352 e. The fourth-order valence-electron chi connectivity index (χ4n) is 4.05. The molecule has 1 aromatic rings. The molecule has 1 atom stereocenters. The van der Waals surface area contributed by atoms with Crippen LogP contribution in [0.3, 0.4) is 0 Å². The fourth-order valence-corrected chi connectivity index (χ4v) is 5.91. The summed E-state index contributed by atoms with van der Waals surface area (Å²) >= 11 is 0. The van der Waals surface area contributed by atoms with Gasteiger partial charge in [0.25, 0.3) is 0 Å². The van der Waals surface area contributed by atoms with Crippen LogP contribution in [0, 0.1) is 13.8 Å². The molecule has 1 saturated heterocycles. The van der Waals surface area contributed by atoms with Crippen LogP contribution in [0.1, 0.15) is 56.1 Å². The predicted molar refractivity (Wildman–Crippen MR) is 97.8 cm³/mol. The van der Waals surface area contributed by atoms with Crippen molar-refractivity contribution in [2.45, 2.75) is 75.8 Å². The summed E-state index contributed by atoms with van der Waals surface area (Å²) in [7, 11) is -3.65. The summed E-state index contributed by atoms with van der Waals surface area (Å²) in [5.74, 6) is -0.127. The zero-order chi connectivity index (χ0) is 18.0. The molecule has 0 unspecified atom stereocenters. The lowest BCUT2D eigenvalue weighted by Gasteiger charge is -2.28. The van der Waals surface area contributed by atoms with Crippen LogP contribution in [0.4, 0.5) is 0 Å². The Bertz CT molecular complexity index is 739. The number of hydrogen-bond acceptors (Lipinski definition) is 3. The number of aryl methyl sites for hydroxylation is 2. The lowest BCUT2D eigenvalue weighted by atomic mass is 9.95. The van der Waals surface area contributed by atoms with Crippen LogP contribution in [0.5, 0.6) is 0 Å². The molecular formula is C19H28N2O3S. The second kappa shape index (κ2) is 7.46. The molecule has 1 saturated carbocycles. The Labute approximate surface area is 150 Å². The Balaban J connectivity index is 1.78. The van der Waals surface area contributed by atoms with E-state index in [1.54, 1.807) is 6.07 Å². The Hall–Kier alpha value is -1.40. The Kier molecular flexibility index (Phi) is 5.49. The summed E-state index contributed by atoms with van der Waals surface area (Å²) in [5.41, 5.74) is 1.77. The lowest BCUT2D eigenvalue weighted by molar-refractivity contribution is -0.125. The van der Waals surface area contributed by atoms with E-state index >= 15 is 0 Å². The quantitative estimate of drug-likeness (QED) is 0.893. The maximum absolute atomic E-state index is 13.1. The van der Waals surface area contributed by atoms with Crippen LogP contribution in [0.15, 0.2) is 23.1 Å². The van der Waals surface area contributed by atoms with Crippen LogP contribution < -0.4 is 5.32 Å². The van der Waals surface area contributed by atoms with Gasteiger partial charge in [0.2, 0.25) is 15.9 Å². The van der Waals surface area contributed by atoms with Gasteiger partial charge in [-0.15, -0.1) is 0 Å². The van der Waals surface area contributed by atoms with Gasteiger partial charge >= 0.3 is 0 Å². The number of rotatable bonds is 4. The van der Waals surface area contributed by atoms with E-state index in [4.69, 9.17) is 0 Å². The number of carbonyl (C=O) groups excluding carboxylic acids is 1. The molecule has 1 aliphatic carbocycles. The van der Waals surface area contributed by atoms with Gasteiger partial charge in [0.05, 0.1) is 4.90 Å². The molecule has 0 aromatic heterocycles. The third kappa shape index (κ3) is 3.90. The van der Waals surface area contributed by atoms with Crippen molar-refractivity contribution in [1.29, 1.82) is 0 Å². The van der Waals surface area contributed by atoms with Crippen LogP contribution in [0.25, 0.3) is 0 Å². The van der Waals surface area contributed by atoms with Crippen LogP contribution in [0.2, 0.25) is 0 Å². The normalized spacial score (nSPS) is 22.9. The van der Waals surface area contributed by atoms with E-state index in [2.05, 4.69) is 5.32 Å². The number of carbonyl (C=O) groups is 1. The average molecular weight is 365 g/mol. The van der Waals surface area contributed by atoms with E-state index in [1.807, 2.05) is 26.0 Å². The minimum atomic E-state index is -3.65. The zero-order valence-electron chi connectivity index (χ0n) is 15.1. The average Bonchev–Trinajstić information content (AvgIpc) is 3.06. The van der Waals surface area contributed by atoms with Gasteiger partial charge < -0.3 is 5.32 Å². The first-order chi connectivity index (χ1) is 11.9. The molecule has 25 heavy (non-hydrogen) atoms. The third-order valence-electron chi connectivity index (χ3n) is 5.37. The summed E-state index contributed by atoms with van der Waals surface area (Å²) in [6.07, 6.45) is 6.84. The van der Waals surface area contributed by atoms with Crippen molar-refractivity contribution in [3.8, 4) is 0 Å². The highest BCUT2D eigenvalue weighted by molar-refractivity contribution is 7.89. The van der Waals surface area contributed by atoms with Gasteiger partial charge in [0, 0.05) is 12.6 Å². The molecule has 138 valence electrons. The summed E-state index contributed by atoms with van der Waals surface area (Å²) in [6, 6.07) is 4.97. The SMILES string of the molecule is Cc1ccc(S(=O)(=O)N2CCC[C@H]2C(=O)NC2CCCCC2)c(C)c1. The van der Waals surface area contributed by atoms with E-state index in [-0.39, 0.29) is 11.9 Å². The van der Waals surface area contributed by atoms with Gasteiger partial charge in [0.15, 0.2) is 0 Å². The van der Waals surface area contributed by atoms with Crippen molar-refractivity contribution in [3.05, 3.63) is 29.3 Å². The van der Waals surface area contributed by atoms with E-state index < -0.39 is 16.1 Å². The van der Waals surface area contributed by atoms with Crippen molar-refractivity contribution >= 4 is 15.9 Å².